The van der Waals surface area contributed by atoms with E-state index in [1.165, 1.54) is 38.7 Å². The van der Waals surface area contributed by atoms with Crippen molar-refractivity contribution in [3.8, 4) is 11.5 Å². The van der Waals surface area contributed by atoms with Gasteiger partial charge in [-0.15, -0.1) is 0 Å². The van der Waals surface area contributed by atoms with E-state index in [0.717, 1.165) is 19.3 Å². The van der Waals surface area contributed by atoms with Gasteiger partial charge in [0, 0.05) is 18.7 Å². The number of amides is 2. The molecule has 2 aromatic rings. The fraction of sp³-hybridized carbons (Fsp3) is 0.400. The van der Waals surface area contributed by atoms with Gasteiger partial charge in [0.25, 0.3) is 11.8 Å². The SMILES string of the molecule is CCCCC(CN)NC(=O)c1cc(OC)c(OC)cc1NC(=O)c1ccco1. The highest BCUT2D eigenvalue weighted by Crippen LogP contribution is 2.33. The zero-order valence-electron chi connectivity index (χ0n) is 16.4. The van der Waals surface area contributed by atoms with Crippen LogP contribution in [0.4, 0.5) is 5.69 Å². The van der Waals surface area contributed by atoms with Crippen molar-refractivity contribution in [1.82, 2.24) is 5.32 Å². The molecule has 28 heavy (non-hydrogen) atoms. The van der Waals surface area contributed by atoms with Crippen molar-refractivity contribution in [1.29, 1.82) is 0 Å². The molecule has 1 heterocycles. The van der Waals surface area contributed by atoms with Crippen molar-refractivity contribution in [3.63, 3.8) is 0 Å². The third-order valence-electron chi connectivity index (χ3n) is 4.29. The Morgan fingerprint density at radius 3 is 2.46 bits per heavy atom. The van der Waals surface area contributed by atoms with Gasteiger partial charge < -0.3 is 30.3 Å². The van der Waals surface area contributed by atoms with Crippen molar-refractivity contribution >= 4 is 17.5 Å². The monoisotopic (exact) mass is 389 g/mol. The predicted molar refractivity (Wildman–Crippen MR) is 106 cm³/mol. The number of hydrogen-bond donors (Lipinski definition) is 3. The molecule has 0 saturated heterocycles. The summed E-state index contributed by atoms with van der Waals surface area (Å²) in [5.74, 6) is 0.0514. The second-order valence-electron chi connectivity index (χ2n) is 6.23. The quantitative estimate of drug-likeness (QED) is 0.575. The molecule has 4 N–H and O–H groups in total. The van der Waals surface area contributed by atoms with Crippen molar-refractivity contribution in [2.75, 3.05) is 26.1 Å². The molecule has 0 aliphatic heterocycles. The van der Waals surface area contributed by atoms with Gasteiger partial charge in [0.1, 0.15) is 0 Å². The standard InChI is InChI=1S/C20H27N3O5/c1-4-5-7-13(12-21)22-19(24)14-10-17(26-2)18(27-3)11-15(14)23-20(25)16-8-6-9-28-16/h6,8-11,13H,4-5,7,12,21H2,1-3H3,(H,22,24)(H,23,25). The van der Waals surface area contributed by atoms with Gasteiger partial charge in [-0.2, -0.15) is 0 Å². The summed E-state index contributed by atoms with van der Waals surface area (Å²) in [5.41, 5.74) is 6.31. The Labute approximate surface area is 164 Å². The Balaban J connectivity index is 2.33. The summed E-state index contributed by atoms with van der Waals surface area (Å²) < 4.78 is 15.7. The number of ether oxygens (including phenoxy) is 2. The molecule has 8 heteroatoms. The molecule has 0 radical (unpaired) electrons. The molecule has 1 aromatic carbocycles. The van der Waals surface area contributed by atoms with E-state index in [9.17, 15) is 9.59 Å². The molecule has 8 nitrogen and oxygen atoms in total. The summed E-state index contributed by atoms with van der Waals surface area (Å²) in [5, 5.41) is 5.61. The predicted octanol–water partition coefficient (Wildman–Crippen LogP) is 2.80. The zero-order chi connectivity index (χ0) is 20.5. The highest BCUT2D eigenvalue weighted by molar-refractivity contribution is 6.08. The summed E-state index contributed by atoms with van der Waals surface area (Å²) in [6.45, 7) is 2.40. The minimum atomic E-state index is -0.479. The third kappa shape index (κ3) is 5.26. The minimum absolute atomic E-state index is 0.129. The van der Waals surface area contributed by atoms with Crippen LogP contribution in [0.25, 0.3) is 0 Å². The number of nitrogens with two attached hydrogens (primary N) is 1. The van der Waals surface area contributed by atoms with Gasteiger partial charge in [0.2, 0.25) is 0 Å². The molecule has 1 aromatic heterocycles. The number of methoxy groups -OCH3 is 2. The molecule has 0 spiro atoms. The summed E-state index contributed by atoms with van der Waals surface area (Å²) in [7, 11) is 2.95. The summed E-state index contributed by atoms with van der Waals surface area (Å²) in [6, 6.07) is 6.05. The lowest BCUT2D eigenvalue weighted by atomic mass is 10.1. The lowest BCUT2D eigenvalue weighted by molar-refractivity contribution is 0.0936. The first-order chi connectivity index (χ1) is 13.5. The Morgan fingerprint density at radius 2 is 1.89 bits per heavy atom. The Kier molecular flexibility index (Phi) is 7.88. The normalized spacial score (nSPS) is 11.6. The number of nitrogens with one attached hydrogen (secondary N) is 2. The van der Waals surface area contributed by atoms with E-state index in [1.54, 1.807) is 6.07 Å². The van der Waals surface area contributed by atoms with Crippen LogP contribution in [0.3, 0.4) is 0 Å². The summed E-state index contributed by atoms with van der Waals surface area (Å²) in [6.07, 6.45) is 4.14. The number of hydrogen-bond acceptors (Lipinski definition) is 6. The van der Waals surface area contributed by atoms with Crippen LogP contribution in [0.2, 0.25) is 0 Å². The topological polar surface area (TPSA) is 116 Å². The molecular weight excluding hydrogens is 362 g/mol. The maximum Gasteiger partial charge on any atom is 0.291 e. The average Bonchev–Trinajstić information content (AvgIpc) is 3.25. The fourth-order valence-corrected chi connectivity index (χ4v) is 2.72. The number of carbonyl (C=O) groups is 2. The zero-order valence-corrected chi connectivity index (χ0v) is 16.4. The van der Waals surface area contributed by atoms with E-state index in [-0.39, 0.29) is 29.0 Å². The molecule has 0 aliphatic rings. The molecule has 152 valence electrons. The molecule has 2 rings (SSSR count). The van der Waals surface area contributed by atoms with Crippen LogP contribution >= 0.6 is 0 Å². The van der Waals surface area contributed by atoms with Crippen molar-refractivity contribution in [2.45, 2.75) is 32.2 Å². The molecule has 0 fully saturated rings. The van der Waals surface area contributed by atoms with Crippen molar-refractivity contribution in [3.05, 3.63) is 41.9 Å². The molecule has 0 aliphatic carbocycles. The maximum atomic E-state index is 12.9. The van der Waals surface area contributed by atoms with E-state index in [4.69, 9.17) is 19.6 Å². The van der Waals surface area contributed by atoms with Crippen LogP contribution in [0.15, 0.2) is 34.9 Å². The maximum absolute atomic E-state index is 12.9. The first kappa shape index (κ1) is 21.3. The lowest BCUT2D eigenvalue weighted by Crippen LogP contribution is -2.40. The number of benzene rings is 1. The lowest BCUT2D eigenvalue weighted by Gasteiger charge is -2.19. The first-order valence-electron chi connectivity index (χ1n) is 9.15. The molecule has 2 amide bonds. The van der Waals surface area contributed by atoms with Gasteiger partial charge in [-0.1, -0.05) is 19.8 Å². The first-order valence-corrected chi connectivity index (χ1v) is 9.15. The van der Waals surface area contributed by atoms with Crippen LogP contribution in [0, 0.1) is 0 Å². The summed E-state index contributed by atoms with van der Waals surface area (Å²) in [4.78, 5) is 25.3. The smallest absolute Gasteiger partial charge is 0.291 e. The van der Waals surface area contributed by atoms with Crippen LogP contribution < -0.4 is 25.8 Å². The van der Waals surface area contributed by atoms with E-state index in [0.29, 0.717) is 18.0 Å². The number of carbonyl (C=O) groups excluding carboxylic acids is 2. The van der Waals surface area contributed by atoms with E-state index in [2.05, 4.69) is 17.6 Å². The highest BCUT2D eigenvalue weighted by atomic mass is 16.5. The molecule has 1 unspecified atom stereocenters. The number of rotatable bonds is 10. The molecule has 1 atom stereocenters. The second-order valence-corrected chi connectivity index (χ2v) is 6.23. The molecule has 0 saturated carbocycles. The van der Waals surface area contributed by atoms with Gasteiger partial charge >= 0.3 is 0 Å². The van der Waals surface area contributed by atoms with Gasteiger partial charge in [-0.25, -0.2) is 0 Å². The minimum Gasteiger partial charge on any atom is -0.493 e. The van der Waals surface area contributed by atoms with E-state index < -0.39 is 5.91 Å². The molecular formula is C20H27N3O5. The van der Waals surface area contributed by atoms with E-state index in [1.807, 2.05) is 0 Å². The second kappa shape index (κ2) is 10.4. The van der Waals surface area contributed by atoms with E-state index >= 15 is 0 Å². The van der Waals surface area contributed by atoms with Gasteiger partial charge in [0.15, 0.2) is 17.3 Å². The van der Waals surface area contributed by atoms with Gasteiger partial charge in [-0.3, -0.25) is 9.59 Å². The summed E-state index contributed by atoms with van der Waals surface area (Å²) >= 11 is 0. The van der Waals surface area contributed by atoms with Crippen molar-refractivity contribution < 1.29 is 23.5 Å². The number of furan rings is 1. The largest absolute Gasteiger partial charge is 0.493 e. The van der Waals surface area contributed by atoms with Crippen LogP contribution in [0.5, 0.6) is 11.5 Å². The highest BCUT2D eigenvalue weighted by Gasteiger charge is 2.21. The number of anilines is 1. The Hall–Kier alpha value is -3.00. The molecule has 0 bridgehead atoms. The van der Waals surface area contributed by atoms with Gasteiger partial charge in [0.05, 0.1) is 31.7 Å². The Bertz CT molecular complexity index is 789. The van der Waals surface area contributed by atoms with Crippen LogP contribution in [0.1, 0.15) is 47.1 Å². The average molecular weight is 389 g/mol. The van der Waals surface area contributed by atoms with Crippen molar-refractivity contribution in [2.24, 2.45) is 5.73 Å². The third-order valence-corrected chi connectivity index (χ3v) is 4.29. The van der Waals surface area contributed by atoms with Gasteiger partial charge in [-0.05, 0) is 24.6 Å². The van der Waals surface area contributed by atoms with Crippen LogP contribution in [-0.2, 0) is 0 Å². The van der Waals surface area contributed by atoms with Crippen LogP contribution in [-0.4, -0.2) is 38.6 Å². The Morgan fingerprint density at radius 1 is 1.18 bits per heavy atom. The number of unbranched alkanes of at least 4 members (excludes halogenated alkanes) is 1. The fourth-order valence-electron chi connectivity index (χ4n) is 2.72.